The van der Waals surface area contributed by atoms with Crippen molar-refractivity contribution in [3.63, 3.8) is 0 Å². The van der Waals surface area contributed by atoms with Gasteiger partial charge in [0.1, 0.15) is 30.8 Å². The van der Waals surface area contributed by atoms with E-state index in [-0.39, 0.29) is 36.1 Å². The molecule has 0 saturated carbocycles. The molecule has 2 aromatic heterocycles. The van der Waals surface area contributed by atoms with Gasteiger partial charge >= 0.3 is 19.1 Å². The van der Waals surface area contributed by atoms with Crippen LogP contribution in [0.3, 0.4) is 0 Å². The Labute approximate surface area is 300 Å². The molecular weight excluding hydrogens is 718 g/mol. The van der Waals surface area contributed by atoms with Gasteiger partial charge < -0.3 is 18.3 Å². The van der Waals surface area contributed by atoms with Crippen LogP contribution in [0.15, 0.2) is 31.6 Å². The molecule has 0 radical (unpaired) electrons. The maximum absolute atomic E-state index is 13.8. The molecule has 0 aromatic carbocycles. The van der Waals surface area contributed by atoms with Gasteiger partial charge in [0.15, 0.2) is 16.6 Å². The zero-order chi connectivity index (χ0) is 38.5. The van der Waals surface area contributed by atoms with Crippen LogP contribution in [0.4, 0.5) is 0 Å². The first-order valence-corrected chi connectivity index (χ1v) is 24.6. The van der Waals surface area contributed by atoms with E-state index in [1.54, 1.807) is 13.8 Å². The number of rotatable bonds is 12. The predicted octanol–water partition coefficient (Wildman–Crippen LogP) is 4.16. The number of nitrogens with two attached hydrogens (primary N) is 1. The maximum atomic E-state index is 13.8. The van der Waals surface area contributed by atoms with Crippen LogP contribution in [-0.4, -0.2) is 73.4 Å². The summed E-state index contributed by atoms with van der Waals surface area (Å²) in [7, 11) is -8.94. The maximum Gasteiger partial charge on any atom is 0.403 e. The fourth-order valence-electron chi connectivity index (χ4n) is 5.34. The lowest BCUT2D eigenvalue weighted by Gasteiger charge is -2.39. The molecule has 4 N–H and O–H groups in total. The summed E-state index contributed by atoms with van der Waals surface area (Å²) < 4.78 is 53.8. The molecule has 2 saturated heterocycles. The van der Waals surface area contributed by atoms with Gasteiger partial charge in [-0.05, 0) is 50.1 Å². The molecule has 4 rings (SSSR count). The quantitative estimate of drug-likeness (QED) is 0.205. The van der Waals surface area contributed by atoms with E-state index in [2.05, 4.69) is 77.7 Å². The zero-order valence-corrected chi connectivity index (χ0v) is 34.8. The number of aryl methyl sites for hydroxylation is 2. The van der Waals surface area contributed by atoms with Gasteiger partial charge in [0, 0.05) is 36.4 Å². The second kappa shape index (κ2) is 14.9. The highest BCUT2D eigenvalue weighted by Gasteiger charge is 2.48. The molecular formula is C32H56N5O11PSi2. The summed E-state index contributed by atoms with van der Waals surface area (Å²) in [6, 6.07) is 0. The molecule has 0 aliphatic carbocycles. The van der Waals surface area contributed by atoms with Crippen molar-refractivity contribution in [1.29, 1.82) is 0 Å². The summed E-state index contributed by atoms with van der Waals surface area (Å²) in [5.74, 6) is 0. The van der Waals surface area contributed by atoms with Crippen molar-refractivity contribution in [3.8, 4) is 0 Å². The lowest BCUT2D eigenvalue weighted by atomic mass is 10.2. The number of ether oxygens (including phenoxy) is 2. The summed E-state index contributed by atoms with van der Waals surface area (Å²) in [6.07, 6.45) is -1.53. The Morgan fingerprint density at radius 1 is 0.784 bits per heavy atom. The number of nitrogens with zero attached hydrogens (tertiary/aromatic N) is 2. The van der Waals surface area contributed by atoms with E-state index in [1.165, 1.54) is 21.5 Å². The predicted molar refractivity (Wildman–Crippen MR) is 197 cm³/mol. The standard InChI is InChI=1S/C32H56N5O11PSi2/c1-19-15-36(29(40)34-27(19)38)25-13-21(24(46-25)18-44-50(9,10)31(3,4)5)47-49(33,42)43-17-23-22(48-51(11,12)32(6,7)8)14-26(45-23)37-16-20(2)28(39)35-30(37)41/h15-16,21-26H,13-14,17-18H2,1-12H3,(H2,33,42)(H,34,38,40)(H,35,39,41)/t21-,22-,23+,24+,25+,26+,49?/m0/s1. The SMILES string of the molecule is Cc1cn([C@H]2C[C@H](O[Si](C)(C)C(C)(C)C)[C@@H](COP(N)(=O)O[C@H]3C[C@H](n4cc(C)c(=O)[nH]c4=O)O[C@@H]3CO[Si](C)(C)C(C)(C)C)O2)c(=O)[nH]c1=O. The highest BCUT2D eigenvalue weighted by atomic mass is 31.2. The Morgan fingerprint density at radius 3 is 1.67 bits per heavy atom. The van der Waals surface area contributed by atoms with Gasteiger partial charge in [-0.2, -0.15) is 0 Å². The molecule has 0 amide bonds. The Bertz CT molecular complexity index is 1860. The third-order valence-corrected chi connectivity index (χ3v) is 20.7. The van der Waals surface area contributed by atoms with Crippen molar-refractivity contribution >= 4 is 24.4 Å². The summed E-state index contributed by atoms with van der Waals surface area (Å²) in [4.78, 5) is 54.2. The lowest BCUT2D eigenvalue weighted by molar-refractivity contribution is -0.0502. The fraction of sp³-hybridized carbons (Fsp3) is 0.750. The van der Waals surface area contributed by atoms with Gasteiger partial charge in [0.2, 0.25) is 0 Å². The molecule has 2 aliphatic rings. The Hall–Kier alpha value is -2.26. The third-order valence-electron chi connectivity index (χ3n) is 10.6. The van der Waals surface area contributed by atoms with Crippen molar-refractivity contribution in [2.75, 3.05) is 13.2 Å². The Balaban J connectivity index is 1.56. The zero-order valence-electron chi connectivity index (χ0n) is 31.9. The van der Waals surface area contributed by atoms with Crippen LogP contribution in [0.5, 0.6) is 0 Å². The van der Waals surface area contributed by atoms with Crippen molar-refractivity contribution in [1.82, 2.24) is 19.1 Å². The molecule has 0 spiro atoms. The number of aromatic nitrogens is 4. The summed E-state index contributed by atoms with van der Waals surface area (Å²) in [6.45, 7) is 23.9. The van der Waals surface area contributed by atoms with Crippen molar-refractivity contribution in [2.45, 2.75) is 141 Å². The Morgan fingerprint density at radius 2 is 1.22 bits per heavy atom. The summed E-state index contributed by atoms with van der Waals surface area (Å²) >= 11 is 0. The molecule has 19 heteroatoms. The van der Waals surface area contributed by atoms with Crippen LogP contribution in [0.1, 0.15) is 78.0 Å². The monoisotopic (exact) mass is 773 g/mol. The third kappa shape index (κ3) is 9.65. The Kier molecular flexibility index (Phi) is 12.1. The minimum Gasteiger partial charge on any atom is -0.414 e. The number of hydrogen-bond donors (Lipinski definition) is 3. The van der Waals surface area contributed by atoms with E-state index >= 15 is 0 Å². The first-order valence-electron chi connectivity index (χ1n) is 17.2. The van der Waals surface area contributed by atoms with Crippen molar-refractivity contribution in [2.24, 2.45) is 5.50 Å². The molecule has 2 fully saturated rings. The number of aromatic amines is 2. The molecule has 7 atom stereocenters. The number of nitrogens with one attached hydrogen (secondary N) is 2. The average Bonchev–Trinajstić information content (AvgIpc) is 3.56. The molecule has 16 nitrogen and oxygen atoms in total. The molecule has 2 aliphatic heterocycles. The van der Waals surface area contributed by atoms with Crippen molar-refractivity contribution in [3.05, 3.63) is 65.2 Å². The normalized spacial score (nSPS) is 26.1. The minimum absolute atomic E-state index is 0.0645. The van der Waals surface area contributed by atoms with Crippen LogP contribution in [-0.2, 0) is 31.9 Å². The van der Waals surface area contributed by atoms with E-state index in [0.29, 0.717) is 11.1 Å². The van der Waals surface area contributed by atoms with Gasteiger partial charge in [0.25, 0.3) is 11.1 Å². The lowest BCUT2D eigenvalue weighted by Crippen LogP contribution is -2.46. The highest BCUT2D eigenvalue weighted by molar-refractivity contribution is 7.51. The van der Waals surface area contributed by atoms with Crippen molar-refractivity contribution < 1.29 is 31.9 Å². The van der Waals surface area contributed by atoms with Gasteiger partial charge in [0.05, 0.1) is 19.3 Å². The fourth-order valence-corrected chi connectivity index (χ4v) is 8.72. The first kappa shape index (κ1) is 41.5. The first-order chi connectivity index (χ1) is 23.2. The molecule has 1 unspecified atom stereocenters. The van der Waals surface area contributed by atoms with Crippen LogP contribution in [0.25, 0.3) is 0 Å². The van der Waals surface area contributed by atoms with Gasteiger partial charge in [-0.1, -0.05) is 41.5 Å². The summed E-state index contributed by atoms with van der Waals surface area (Å²) in [5, 5.41) is -0.261. The second-order valence-corrected chi connectivity index (χ2v) is 27.8. The summed E-state index contributed by atoms with van der Waals surface area (Å²) in [5.41, 5.74) is 4.58. The van der Waals surface area contributed by atoms with Gasteiger partial charge in [-0.3, -0.25) is 37.7 Å². The largest absolute Gasteiger partial charge is 0.414 e. The number of H-pyrrole nitrogens is 2. The molecule has 51 heavy (non-hydrogen) atoms. The van der Waals surface area contributed by atoms with E-state index in [0.717, 1.165) is 0 Å². The van der Waals surface area contributed by atoms with Crippen LogP contribution >= 0.6 is 7.75 Å². The number of hydrogen-bond acceptors (Lipinski definition) is 11. The van der Waals surface area contributed by atoms with Crippen LogP contribution < -0.4 is 28.0 Å². The molecule has 2 aromatic rings. The average molecular weight is 774 g/mol. The van der Waals surface area contributed by atoms with Gasteiger partial charge in [-0.25, -0.2) is 19.7 Å². The molecule has 4 heterocycles. The van der Waals surface area contributed by atoms with E-state index in [1.807, 2.05) is 0 Å². The van der Waals surface area contributed by atoms with Crippen LogP contribution in [0.2, 0.25) is 36.3 Å². The smallest absolute Gasteiger partial charge is 0.403 e. The second-order valence-electron chi connectivity index (χ2n) is 16.7. The van der Waals surface area contributed by atoms with Gasteiger partial charge in [-0.15, -0.1) is 0 Å². The van der Waals surface area contributed by atoms with E-state index < -0.39 is 83.8 Å². The molecule has 0 bridgehead atoms. The van der Waals surface area contributed by atoms with E-state index in [4.69, 9.17) is 32.9 Å². The highest BCUT2D eigenvalue weighted by Crippen LogP contribution is 2.48. The topological polar surface area (TPSA) is 208 Å². The van der Waals surface area contributed by atoms with Crippen LogP contribution in [0, 0.1) is 13.8 Å². The van der Waals surface area contributed by atoms with E-state index in [9.17, 15) is 23.7 Å². The minimum atomic E-state index is -4.31. The molecule has 288 valence electrons.